The van der Waals surface area contributed by atoms with Crippen LogP contribution in [0.4, 0.5) is 5.82 Å². The van der Waals surface area contributed by atoms with Crippen molar-refractivity contribution in [1.29, 1.82) is 0 Å². The van der Waals surface area contributed by atoms with Gasteiger partial charge >= 0.3 is 0 Å². The van der Waals surface area contributed by atoms with Crippen molar-refractivity contribution in [2.45, 2.75) is 31.6 Å². The molecule has 1 heterocycles. The zero-order valence-corrected chi connectivity index (χ0v) is 13.4. The maximum Gasteiger partial charge on any atom is 0.260 e. The van der Waals surface area contributed by atoms with Crippen molar-refractivity contribution >= 4 is 11.7 Å². The fourth-order valence-electron chi connectivity index (χ4n) is 3.10. The van der Waals surface area contributed by atoms with Crippen molar-refractivity contribution in [1.82, 2.24) is 10.2 Å². The number of hydrogen-bond donors (Lipinski definition) is 2. The molecule has 1 amide bonds. The molecule has 0 spiro atoms. The minimum atomic E-state index is -0.273. The highest BCUT2D eigenvalue weighted by atomic mass is 16.5. The van der Waals surface area contributed by atoms with Crippen molar-refractivity contribution in [3.8, 4) is 11.5 Å². The Balaban J connectivity index is 1.77. The van der Waals surface area contributed by atoms with Crippen LogP contribution in [0.15, 0.2) is 24.3 Å². The zero-order valence-electron chi connectivity index (χ0n) is 13.4. The van der Waals surface area contributed by atoms with Crippen LogP contribution in [0, 0.1) is 0 Å². The molecule has 6 heteroatoms. The zero-order chi connectivity index (χ0) is 16.2. The number of rotatable bonds is 5. The largest absolute Gasteiger partial charge is 0.493 e. The summed E-state index contributed by atoms with van der Waals surface area (Å²) in [5.74, 6) is 1.72. The highest BCUT2D eigenvalue weighted by molar-refractivity contribution is 6.06. The minimum Gasteiger partial charge on any atom is -0.493 e. The topological polar surface area (TPSA) is 76.2 Å². The van der Waals surface area contributed by atoms with Crippen LogP contribution in [0.2, 0.25) is 0 Å². The van der Waals surface area contributed by atoms with E-state index in [2.05, 4.69) is 15.5 Å². The Bertz CT molecular complexity index is 690. The van der Waals surface area contributed by atoms with Crippen molar-refractivity contribution in [3.63, 3.8) is 0 Å². The fraction of sp³-hybridized carbons (Fsp3) is 0.412. The summed E-state index contributed by atoms with van der Waals surface area (Å²) in [6, 6.07) is 7.12. The molecule has 0 saturated heterocycles. The molecule has 2 aromatic rings. The van der Waals surface area contributed by atoms with Crippen molar-refractivity contribution in [2.24, 2.45) is 0 Å². The quantitative estimate of drug-likeness (QED) is 0.887. The van der Waals surface area contributed by atoms with E-state index in [9.17, 15) is 4.79 Å². The second-order valence-electron chi connectivity index (χ2n) is 5.69. The molecule has 1 aromatic heterocycles. The average molecular weight is 315 g/mol. The first kappa shape index (κ1) is 15.4. The number of H-pyrrole nitrogens is 1. The van der Waals surface area contributed by atoms with E-state index in [0.717, 1.165) is 5.69 Å². The Hall–Kier alpha value is -2.50. The minimum absolute atomic E-state index is 0.273. The third-order valence-corrected chi connectivity index (χ3v) is 4.28. The summed E-state index contributed by atoms with van der Waals surface area (Å²) in [7, 11) is 3.06. The van der Waals surface area contributed by atoms with Gasteiger partial charge in [0.05, 0.1) is 19.8 Å². The van der Waals surface area contributed by atoms with E-state index < -0.39 is 0 Å². The van der Waals surface area contributed by atoms with Gasteiger partial charge in [-0.1, -0.05) is 18.9 Å². The molecular formula is C17H21N3O3. The molecule has 0 aliphatic heterocycles. The average Bonchev–Trinajstić information content (AvgIpc) is 3.25. The Morgan fingerprint density at radius 1 is 1.26 bits per heavy atom. The molecule has 1 fully saturated rings. The first-order valence-corrected chi connectivity index (χ1v) is 7.80. The number of methoxy groups -OCH3 is 2. The second kappa shape index (κ2) is 6.73. The Kier molecular flexibility index (Phi) is 4.50. The highest BCUT2D eigenvalue weighted by Crippen LogP contribution is 2.34. The smallest absolute Gasteiger partial charge is 0.260 e. The molecule has 6 nitrogen and oxygen atoms in total. The molecule has 0 unspecified atom stereocenters. The molecule has 3 rings (SSSR count). The predicted octanol–water partition coefficient (Wildman–Crippen LogP) is 3.34. The fourth-order valence-corrected chi connectivity index (χ4v) is 3.10. The first-order chi connectivity index (χ1) is 11.2. The summed E-state index contributed by atoms with van der Waals surface area (Å²) in [6.07, 6.45) is 4.87. The summed E-state index contributed by atoms with van der Waals surface area (Å²) in [5, 5.41) is 10.0. The standard InChI is InChI=1S/C17H21N3O3/c1-22-14-9-5-8-12(16(14)23-2)17(21)18-15-10-13(19-20-15)11-6-3-4-7-11/h5,8-11H,3-4,6-7H2,1-2H3,(H2,18,19,20,21). The third kappa shape index (κ3) is 3.16. The molecule has 0 bridgehead atoms. The van der Waals surface area contributed by atoms with E-state index in [0.29, 0.717) is 28.8 Å². The van der Waals surface area contributed by atoms with E-state index in [1.54, 1.807) is 25.3 Å². The number of ether oxygens (including phenoxy) is 2. The molecule has 23 heavy (non-hydrogen) atoms. The van der Waals surface area contributed by atoms with Crippen LogP contribution in [0.25, 0.3) is 0 Å². The molecule has 1 aromatic carbocycles. The van der Waals surface area contributed by atoms with Crippen LogP contribution < -0.4 is 14.8 Å². The molecule has 1 aliphatic rings. The molecular weight excluding hydrogens is 294 g/mol. The highest BCUT2D eigenvalue weighted by Gasteiger charge is 2.21. The number of benzene rings is 1. The number of aromatic amines is 1. The lowest BCUT2D eigenvalue weighted by Crippen LogP contribution is -2.13. The van der Waals surface area contributed by atoms with Gasteiger partial charge in [0.1, 0.15) is 0 Å². The van der Waals surface area contributed by atoms with Crippen molar-refractivity contribution in [2.75, 3.05) is 19.5 Å². The number of aromatic nitrogens is 2. The van der Waals surface area contributed by atoms with Crippen LogP contribution in [0.5, 0.6) is 11.5 Å². The summed E-state index contributed by atoms with van der Waals surface area (Å²) < 4.78 is 10.5. The lowest BCUT2D eigenvalue weighted by Gasteiger charge is -2.11. The van der Waals surface area contributed by atoms with Crippen LogP contribution in [0.3, 0.4) is 0 Å². The molecule has 1 saturated carbocycles. The van der Waals surface area contributed by atoms with Crippen molar-refractivity contribution < 1.29 is 14.3 Å². The van der Waals surface area contributed by atoms with E-state index in [4.69, 9.17) is 9.47 Å². The number of anilines is 1. The number of carbonyl (C=O) groups is 1. The molecule has 122 valence electrons. The van der Waals surface area contributed by atoms with Gasteiger partial charge in [-0.15, -0.1) is 0 Å². The Labute approximate surface area is 135 Å². The van der Waals surface area contributed by atoms with Gasteiger partial charge in [0.25, 0.3) is 5.91 Å². The number of nitrogens with zero attached hydrogens (tertiary/aromatic N) is 1. The third-order valence-electron chi connectivity index (χ3n) is 4.28. The monoisotopic (exact) mass is 315 g/mol. The van der Waals surface area contributed by atoms with Gasteiger partial charge in [0, 0.05) is 17.7 Å². The van der Waals surface area contributed by atoms with Gasteiger partial charge in [0.2, 0.25) is 0 Å². The van der Waals surface area contributed by atoms with Gasteiger partial charge in [-0.3, -0.25) is 9.89 Å². The van der Waals surface area contributed by atoms with Gasteiger partial charge < -0.3 is 14.8 Å². The number of nitrogens with one attached hydrogen (secondary N) is 2. The summed E-state index contributed by atoms with van der Waals surface area (Å²) in [6.45, 7) is 0. The van der Waals surface area contributed by atoms with Crippen LogP contribution >= 0.6 is 0 Å². The van der Waals surface area contributed by atoms with Gasteiger partial charge in [-0.2, -0.15) is 5.10 Å². The normalized spacial score (nSPS) is 14.7. The summed E-state index contributed by atoms with van der Waals surface area (Å²) in [5.41, 5.74) is 1.51. The molecule has 2 N–H and O–H groups in total. The maximum absolute atomic E-state index is 12.5. The van der Waals surface area contributed by atoms with E-state index >= 15 is 0 Å². The summed E-state index contributed by atoms with van der Waals surface area (Å²) >= 11 is 0. The number of hydrogen-bond acceptors (Lipinski definition) is 4. The lowest BCUT2D eigenvalue weighted by molar-refractivity contribution is 0.102. The maximum atomic E-state index is 12.5. The lowest BCUT2D eigenvalue weighted by atomic mass is 10.0. The van der Waals surface area contributed by atoms with E-state index in [-0.39, 0.29) is 5.91 Å². The molecule has 0 atom stereocenters. The first-order valence-electron chi connectivity index (χ1n) is 7.80. The number of carbonyl (C=O) groups excluding carboxylic acids is 1. The van der Waals surface area contributed by atoms with E-state index in [1.807, 2.05) is 6.07 Å². The van der Waals surface area contributed by atoms with Gasteiger partial charge in [0.15, 0.2) is 17.3 Å². The van der Waals surface area contributed by atoms with Crippen LogP contribution in [-0.2, 0) is 0 Å². The molecule has 0 radical (unpaired) electrons. The van der Waals surface area contributed by atoms with Crippen LogP contribution in [0.1, 0.15) is 47.7 Å². The predicted molar refractivity (Wildman–Crippen MR) is 87.3 cm³/mol. The Morgan fingerprint density at radius 3 is 2.74 bits per heavy atom. The SMILES string of the molecule is COc1cccc(C(=O)Nc2cc(C3CCCC3)[nH]n2)c1OC. The van der Waals surface area contributed by atoms with Crippen LogP contribution in [-0.4, -0.2) is 30.3 Å². The van der Waals surface area contributed by atoms with Gasteiger partial charge in [-0.25, -0.2) is 0 Å². The van der Waals surface area contributed by atoms with Gasteiger partial charge in [-0.05, 0) is 25.0 Å². The van der Waals surface area contributed by atoms with Crippen molar-refractivity contribution in [3.05, 3.63) is 35.5 Å². The molecule has 1 aliphatic carbocycles. The second-order valence-corrected chi connectivity index (χ2v) is 5.69. The van der Waals surface area contributed by atoms with E-state index in [1.165, 1.54) is 32.8 Å². The number of amides is 1. The summed E-state index contributed by atoms with van der Waals surface area (Å²) in [4.78, 5) is 12.5. The number of para-hydroxylation sites is 1. The Morgan fingerprint density at radius 2 is 2.04 bits per heavy atom.